The number of aliphatic carboxylic acids is 1. The van der Waals surface area contributed by atoms with Crippen molar-refractivity contribution < 1.29 is 19.4 Å². The largest absolute Gasteiger partial charge is 0.493 e. The number of carbonyl (C=O) groups excluding carboxylic acids is 1. The molecule has 2 N–H and O–H groups in total. The van der Waals surface area contributed by atoms with E-state index >= 15 is 0 Å². The molecule has 7 heteroatoms. The second kappa shape index (κ2) is 6.64. The number of ether oxygens (including phenoxy) is 1. The molecule has 128 valence electrons. The van der Waals surface area contributed by atoms with E-state index in [1.54, 1.807) is 61.0 Å². The number of pyridine rings is 1. The summed E-state index contributed by atoms with van der Waals surface area (Å²) in [6.45, 7) is 1.76. The van der Waals surface area contributed by atoms with Crippen LogP contribution in [0.3, 0.4) is 0 Å². The van der Waals surface area contributed by atoms with Crippen molar-refractivity contribution in [2.45, 2.75) is 13.3 Å². The molecule has 0 aliphatic heterocycles. The maximum Gasteiger partial charge on any atom is 0.307 e. The summed E-state index contributed by atoms with van der Waals surface area (Å²) in [5, 5.41) is 11.6. The van der Waals surface area contributed by atoms with Gasteiger partial charge in [-0.2, -0.15) is 0 Å². The summed E-state index contributed by atoms with van der Waals surface area (Å²) in [6.07, 6.45) is 1.70. The van der Waals surface area contributed by atoms with Gasteiger partial charge in [0, 0.05) is 11.9 Å². The molecule has 3 aromatic rings. The molecule has 0 radical (unpaired) electrons. The molecule has 0 aliphatic rings. The Morgan fingerprint density at radius 1 is 1.24 bits per heavy atom. The topological polar surface area (TPSA) is 92.9 Å². The molecule has 2 heterocycles. The number of nitrogens with one attached hydrogen (secondary N) is 1. The van der Waals surface area contributed by atoms with Gasteiger partial charge in [-0.3, -0.25) is 14.0 Å². The van der Waals surface area contributed by atoms with Crippen LogP contribution in [-0.4, -0.2) is 33.5 Å². The molecule has 2 aromatic heterocycles. The highest BCUT2D eigenvalue weighted by Gasteiger charge is 2.18. The molecule has 1 aromatic carbocycles. The number of carboxylic acids is 1. The van der Waals surface area contributed by atoms with E-state index in [1.807, 2.05) is 0 Å². The lowest BCUT2D eigenvalue weighted by Crippen LogP contribution is -2.15. The van der Waals surface area contributed by atoms with Crippen molar-refractivity contribution in [3.63, 3.8) is 0 Å². The lowest BCUT2D eigenvalue weighted by atomic mass is 10.1. The Labute approximate surface area is 143 Å². The first-order chi connectivity index (χ1) is 12.0. The van der Waals surface area contributed by atoms with Gasteiger partial charge in [-0.15, -0.1) is 0 Å². The molecule has 0 fully saturated rings. The Hall–Kier alpha value is -3.35. The van der Waals surface area contributed by atoms with Gasteiger partial charge in [0.1, 0.15) is 5.69 Å². The van der Waals surface area contributed by atoms with E-state index in [-0.39, 0.29) is 12.3 Å². The van der Waals surface area contributed by atoms with Gasteiger partial charge >= 0.3 is 5.97 Å². The van der Waals surface area contributed by atoms with Crippen LogP contribution in [0.15, 0.2) is 42.6 Å². The number of carboxylic acid groups (broad SMARTS) is 1. The predicted octanol–water partition coefficient (Wildman–Crippen LogP) is 2.53. The maximum absolute atomic E-state index is 12.7. The Morgan fingerprint density at radius 2 is 1.96 bits per heavy atom. The Kier molecular flexibility index (Phi) is 4.38. The SMILES string of the molecule is COc1cccn2c(C(=O)Nc3ccc(CC(=O)O)cc3)c(C)nc12. The highest BCUT2D eigenvalue weighted by molar-refractivity contribution is 6.04. The first-order valence-electron chi connectivity index (χ1n) is 7.63. The number of aryl methyl sites for hydroxylation is 1. The fourth-order valence-electron chi connectivity index (χ4n) is 2.66. The molecular weight excluding hydrogens is 322 g/mol. The van der Waals surface area contributed by atoms with Crippen molar-refractivity contribution >= 4 is 23.2 Å². The number of anilines is 1. The highest BCUT2D eigenvalue weighted by atomic mass is 16.5. The molecular formula is C18H17N3O4. The number of hydrogen-bond donors (Lipinski definition) is 2. The van der Waals surface area contributed by atoms with Crippen molar-refractivity contribution in [2.75, 3.05) is 12.4 Å². The average Bonchev–Trinajstić information content (AvgIpc) is 2.92. The smallest absolute Gasteiger partial charge is 0.307 e. The van der Waals surface area contributed by atoms with E-state index in [0.717, 1.165) is 0 Å². The van der Waals surface area contributed by atoms with Crippen LogP contribution in [0.2, 0.25) is 0 Å². The zero-order valence-electron chi connectivity index (χ0n) is 13.8. The van der Waals surface area contributed by atoms with Crippen molar-refractivity contribution in [2.24, 2.45) is 0 Å². The highest BCUT2D eigenvalue weighted by Crippen LogP contribution is 2.22. The van der Waals surface area contributed by atoms with Gasteiger partial charge in [0.25, 0.3) is 5.91 Å². The van der Waals surface area contributed by atoms with Gasteiger partial charge in [0.2, 0.25) is 0 Å². The molecule has 0 aliphatic carbocycles. The number of amides is 1. The summed E-state index contributed by atoms with van der Waals surface area (Å²) >= 11 is 0. The van der Waals surface area contributed by atoms with Crippen molar-refractivity contribution in [3.05, 3.63) is 59.5 Å². The number of rotatable bonds is 5. The predicted molar refractivity (Wildman–Crippen MR) is 92.2 cm³/mol. The summed E-state index contributed by atoms with van der Waals surface area (Å²) in [5.41, 5.74) is 2.83. The summed E-state index contributed by atoms with van der Waals surface area (Å²) in [5.74, 6) is -0.612. The number of aromatic nitrogens is 2. The number of hydrogen-bond acceptors (Lipinski definition) is 4. The van der Waals surface area contributed by atoms with Gasteiger partial charge in [0.05, 0.1) is 19.2 Å². The first kappa shape index (κ1) is 16.5. The first-order valence-corrected chi connectivity index (χ1v) is 7.63. The lowest BCUT2D eigenvalue weighted by molar-refractivity contribution is -0.136. The Bertz CT molecular complexity index is 945. The second-order valence-corrected chi connectivity index (χ2v) is 5.54. The summed E-state index contributed by atoms with van der Waals surface area (Å²) in [6, 6.07) is 10.3. The zero-order valence-corrected chi connectivity index (χ0v) is 13.8. The molecule has 0 unspecified atom stereocenters. The van der Waals surface area contributed by atoms with E-state index in [2.05, 4.69) is 10.3 Å². The molecule has 0 saturated heterocycles. The Balaban J connectivity index is 1.87. The Morgan fingerprint density at radius 3 is 2.60 bits per heavy atom. The lowest BCUT2D eigenvalue weighted by Gasteiger charge is -2.07. The van der Waals surface area contributed by atoms with E-state index < -0.39 is 5.97 Å². The van der Waals surface area contributed by atoms with Crippen LogP contribution >= 0.6 is 0 Å². The van der Waals surface area contributed by atoms with Crippen LogP contribution in [0.5, 0.6) is 5.75 Å². The summed E-state index contributed by atoms with van der Waals surface area (Å²) in [4.78, 5) is 27.8. The minimum absolute atomic E-state index is 0.0552. The van der Waals surface area contributed by atoms with E-state index in [1.165, 1.54) is 0 Å². The van der Waals surface area contributed by atoms with Crippen LogP contribution in [0.1, 0.15) is 21.7 Å². The third-order valence-corrected chi connectivity index (χ3v) is 3.79. The zero-order chi connectivity index (χ0) is 18.0. The number of imidazole rings is 1. The molecule has 0 saturated carbocycles. The van der Waals surface area contributed by atoms with Crippen molar-refractivity contribution in [1.29, 1.82) is 0 Å². The van der Waals surface area contributed by atoms with Gasteiger partial charge in [0.15, 0.2) is 11.4 Å². The number of nitrogens with zero attached hydrogens (tertiary/aromatic N) is 2. The van der Waals surface area contributed by atoms with E-state index in [4.69, 9.17) is 9.84 Å². The molecule has 1 amide bonds. The second-order valence-electron chi connectivity index (χ2n) is 5.54. The molecule has 7 nitrogen and oxygen atoms in total. The molecule has 0 spiro atoms. The van der Waals surface area contributed by atoms with Crippen LogP contribution in [0.4, 0.5) is 5.69 Å². The average molecular weight is 339 g/mol. The van der Waals surface area contributed by atoms with Gasteiger partial charge in [-0.05, 0) is 36.8 Å². The van der Waals surface area contributed by atoms with E-state index in [0.29, 0.717) is 34.0 Å². The minimum atomic E-state index is -0.896. The molecule has 0 atom stereocenters. The van der Waals surface area contributed by atoms with Crippen LogP contribution in [-0.2, 0) is 11.2 Å². The van der Waals surface area contributed by atoms with Crippen LogP contribution in [0, 0.1) is 6.92 Å². The molecule has 25 heavy (non-hydrogen) atoms. The van der Waals surface area contributed by atoms with Crippen LogP contribution < -0.4 is 10.1 Å². The fourth-order valence-corrected chi connectivity index (χ4v) is 2.66. The number of methoxy groups -OCH3 is 1. The van der Waals surface area contributed by atoms with Gasteiger partial charge < -0.3 is 15.2 Å². The fraction of sp³-hybridized carbons (Fsp3) is 0.167. The monoisotopic (exact) mass is 339 g/mol. The van der Waals surface area contributed by atoms with Crippen LogP contribution in [0.25, 0.3) is 5.65 Å². The summed E-state index contributed by atoms with van der Waals surface area (Å²) < 4.78 is 6.96. The quantitative estimate of drug-likeness (QED) is 0.745. The third kappa shape index (κ3) is 3.30. The van der Waals surface area contributed by atoms with Crippen molar-refractivity contribution in [1.82, 2.24) is 9.38 Å². The van der Waals surface area contributed by atoms with Gasteiger partial charge in [-0.25, -0.2) is 4.98 Å². The van der Waals surface area contributed by atoms with E-state index in [9.17, 15) is 9.59 Å². The molecule has 0 bridgehead atoms. The normalized spacial score (nSPS) is 10.6. The standard InChI is InChI=1S/C18H17N3O4/c1-11-16(21-9-3-4-14(25-2)17(21)19-11)18(24)20-13-7-5-12(6-8-13)10-15(22)23/h3-9H,10H2,1-2H3,(H,20,24)(H,22,23). The molecule has 3 rings (SSSR count). The minimum Gasteiger partial charge on any atom is -0.493 e. The summed E-state index contributed by atoms with van der Waals surface area (Å²) in [7, 11) is 1.55. The van der Waals surface area contributed by atoms with Crippen molar-refractivity contribution in [3.8, 4) is 5.75 Å². The van der Waals surface area contributed by atoms with Gasteiger partial charge in [-0.1, -0.05) is 12.1 Å². The number of carbonyl (C=O) groups is 2. The number of benzene rings is 1. The maximum atomic E-state index is 12.7. The third-order valence-electron chi connectivity index (χ3n) is 3.79. The number of fused-ring (bicyclic) bond motifs is 1.